The van der Waals surface area contributed by atoms with Crippen molar-refractivity contribution in [3.05, 3.63) is 41.0 Å². The van der Waals surface area contributed by atoms with E-state index in [0.717, 1.165) is 5.56 Å². The van der Waals surface area contributed by atoms with Crippen molar-refractivity contribution >= 4 is 0 Å². The molecule has 1 aromatic carbocycles. The number of aromatic nitrogens is 2. The van der Waals surface area contributed by atoms with Gasteiger partial charge < -0.3 is 10.1 Å². The number of ether oxygens (including phenoxy) is 1. The van der Waals surface area contributed by atoms with Gasteiger partial charge in [0.05, 0.1) is 0 Å². The van der Waals surface area contributed by atoms with Gasteiger partial charge in [-0.3, -0.25) is 0 Å². The minimum atomic E-state index is -0.366. The third-order valence-electron chi connectivity index (χ3n) is 3.31. The van der Waals surface area contributed by atoms with Crippen LogP contribution < -0.4 is 10.1 Å². The van der Waals surface area contributed by atoms with Gasteiger partial charge >= 0.3 is 0 Å². The van der Waals surface area contributed by atoms with Gasteiger partial charge in [-0.2, -0.15) is 0 Å². The summed E-state index contributed by atoms with van der Waals surface area (Å²) < 4.78 is 24.1. The SMILES string of the molecule is Cc1nonc1COc1c(F)cccc1CNC1CC1. The molecule has 1 aromatic heterocycles. The lowest BCUT2D eigenvalue weighted by atomic mass is 10.2. The number of halogens is 1. The molecule has 2 aromatic rings. The Morgan fingerprint density at radius 2 is 2.25 bits per heavy atom. The summed E-state index contributed by atoms with van der Waals surface area (Å²) in [5.74, 6) is -0.0998. The summed E-state index contributed by atoms with van der Waals surface area (Å²) in [6.45, 7) is 2.52. The number of aryl methyl sites for hydroxylation is 1. The molecule has 0 unspecified atom stereocenters. The second-order valence-electron chi connectivity index (χ2n) is 4.97. The summed E-state index contributed by atoms with van der Waals surface area (Å²) in [7, 11) is 0. The fourth-order valence-electron chi connectivity index (χ4n) is 1.92. The van der Waals surface area contributed by atoms with E-state index in [-0.39, 0.29) is 18.2 Å². The van der Waals surface area contributed by atoms with Crippen molar-refractivity contribution in [3.63, 3.8) is 0 Å². The maximum Gasteiger partial charge on any atom is 0.165 e. The van der Waals surface area contributed by atoms with Crippen LogP contribution in [0.2, 0.25) is 0 Å². The Balaban J connectivity index is 1.71. The van der Waals surface area contributed by atoms with Crippen LogP contribution in [-0.2, 0) is 13.2 Å². The lowest BCUT2D eigenvalue weighted by molar-refractivity contribution is 0.260. The largest absolute Gasteiger partial charge is 0.484 e. The lowest BCUT2D eigenvalue weighted by Gasteiger charge is -2.12. The molecule has 1 N–H and O–H groups in total. The first-order valence-corrected chi connectivity index (χ1v) is 6.65. The Kier molecular flexibility index (Phi) is 3.64. The molecule has 0 atom stereocenters. The van der Waals surface area contributed by atoms with Crippen molar-refractivity contribution in [2.75, 3.05) is 0 Å². The molecule has 1 aliphatic rings. The van der Waals surface area contributed by atoms with Crippen molar-refractivity contribution in [2.24, 2.45) is 0 Å². The minimum absolute atomic E-state index is 0.146. The third-order valence-corrected chi connectivity index (χ3v) is 3.31. The molecular weight excluding hydrogens is 261 g/mol. The van der Waals surface area contributed by atoms with Gasteiger partial charge in [-0.15, -0.1) is 0 Å². The van der Waals surface area contributed by atoms with E-state index in [2.05, 4.69) is 20.3 Å². The topological polar surface area (TPSA) is 60.2 Å². The molecule has 3 rings (SSSR count). The second kappa shape index (κ2) is 5.58. The highest BCUT2D eigenvalue weighted by molar-refractivity contribution is 5.35. The molecule has 0 radical (unpaired) electrons. The van der Waals surface area contributed by atoms with Crippen molar-refractivity contribution < 1.29 is 13.8 Å². The molecule has 1 aliphatic carbocycles. The van der Waals surface area contributed by atoms with Crippen LogP contribution in [0.1, 0.15) is 29.8 Å². The van der Waals surface area contributed by atoms with Crippen LogP contribution in [0.4, 0.5) is 4.39 Å². The maximum absolute atomic E-state index is 13.9. The molecule has 1 saturated carbocycles. The minimum Gasteiger partial charge on any atom is -0.484 e. The van der Waals surface area contributed by atoms with Gasteiger partial charge in [0, 0.05) is 18.2 Å². The summed E-state index contributed by atoms with van der Waals surface area (Å²) in [6.07, 6.45) is 2.38. The quantitative estimate of drug-likeness (QED) is 0.878. The van der Waals surface area contributed by atoms with Gasteiger partial charge in [-0.25, -0.2) is 9.02 Å². The number of benzene rings is 1. The first kappa shape index (κ1) is 13.1. The van der Waals surface area contributed by atoms with Crippen molar-refractivity contribution in [1.82, 2.24) is 15.6 Å². The fourth-order valence-corrected chi connectivity index (χ4v) is 1.92. The third kappa shape index (κ3) is 2.96. The van der Waals surface area contributed by atoms with E-state index in [4.69, 9.17) is 4.74 Å². The van der Waals surface area contributed by atoms with Crippen LogP contribution in [0.3, 0.4) is 0 Å². The molecule has 0 bridgehead atoms. The molecule has 0 spiro atoms. The summed E-state index contributed by atoms with van der Waals surface area (Å²) in [5.41, 5.74) is 2.04. The molecule has 6 heteroatoms. The Hall–Kier alpha value is -1.95. The average Bonchev–Trinajstić information content (AvgIpc) is 3.18. The second-order valence-corrected chi connectivity index (χ2v) is 4.97. The average molecular weight is 277 g/mol. The first-order valence-electron chi connectivity index (χ1n) is 6.65. The lowest BCUT2D eigenvalue weighted by Crippen LogP contribution is -2.16. The zero-order chi connectivity index (χ0) is 13.9. The fraction of sp³-hybridized carbons (Fsp3) is 0.429. The normalized spacial score (nSPS) is 14.5. The van der Waals surface area contributed by atoms with Gasteiger partial charge in [0.25, 0.3) is 0 Å². The van der Waals surface area contributed by atoms with E-state index in [1.54, 1.807) is 13.0 Å². The van der Waals surface area contributed by atoms with E-state index in [1.807, 2.05) is 6.07 Å². The van der Waals surface area contributed by atoms with Crippen molar-refractivity contribution in [2.45, 2.75) is 39.0 Å². The van der Waals surface area contributed by atoms with Gasteiger partial charge in [0.1, 0.15) is 18.0 Å². The monoisotopic (exact) mass is 277 g/mol. The highest BCUT2D eigenvalue weighted by Gasteiger charge is 2.21. The summed E-state index contributed by atoms with van der Waals surface area (Å²) in [4.78, 5) is 0. The predicted octanol–water partition coefficient (Wildman–Crippen LogP) is 2.35. The zero-order valence-electron chi connectivity index (χ0n) is 11.2. The molecule has 0 aliphatic heterocycles. The maximum atomic E-state index is 13.9. The zero-order valence-corrected chi connectivity index (χ0v) is 11.2. The Morgan fingerprint density at radius 1 is 1.40 bits per heavy atom. The van der Waals surface area contributed by atoms with E-state index in [0.29, 0.717) is 24.0 Å². The molecule has 0 amide bonds. The number of nitrogens with one attached hydrogen (secondary N) is 1. The Bertz CT molecular complexity index is 596. The number of hydrogen-bond acceptors (Lipinski definition) is 5. The van der Waals surface area contributed by atoms with Crippen LogP contribution in [0.15, 0.2) is 22.8 Å². The summed E-state index contributed by atoms with van der Waals surface area (Å²) >= 11 is 0. The van der Waals surface area contributed by atoms with Gasteiger partial charge in [0.2, 0.25) is 0 Å². The number of para-hydroxylation sites is 1. The molecule has 1 heterocycles. The van der Waals surface area contributed by atoms with Crippen LogP contribution in [0.25, 0.3) is 0 Å². The predicted molar refractivity (Wildman–Crippen MR) is 69.6 cm³/mol. The van der Waals surface area contributed by atoms with Crippen LogP contribution >= 0.6 is 0 Å². The number of rotatable bonds is 6. The van der Waals surface area contributed by atoms with Crippen LogP contribution in [0.5, 0.6) is 5.75 Å². The highest BCUT2D eigenvalue weighted by Crippen LogP contribution is 2.26. The van der Waals surface area contributed by atoms with E-state index < -0.39 is 0 Å². The number of hydrogen-bond donors (Lipinski definition) is 1. The highest BCUT2D eigenvalue weighted by atomic mass is 19.1. The molecular formula is C14H16FN3O2. The molecule has 20 heavy (non-hydrogen) atoms. The van der Waals surface area contributed by atoms with E-state index in [1.165, 1.54) is 18.9 Å². The van der Waals surface area contributed by atoms with Gasteiger partial charge in [-0.05, 0) is 25.8 Å². The Morgan fingerprint density at radius 3 is 2.95 bits per heavy atom. The summed E-state index contributed by atoms with van der Waals surface area (Å²) in [6, 6.07) is 5.51. The van der Waals surface area contributed by atoms with Gasteiger partial charge in [0.15, 0.2) is 11.6 Å². The van der Waals surface area contributed by atoms with Gasteiger partial charge in [-0.1, -0.05) is 22.4 Å². The van der Waals surface area contributed by atoms with Crippen molar-refractivity contribution in [3.8, 4) is 5.75 Å². The summed E-state index contributed by atoms with van der Waals surface area (Å²) in [5, 5.41) is 10.7. The van der Waals surface area contributed by atoms with Crippen LogP contribution in [0, 0.1) is 12.7 Å². The van der Waals surface area contributed by atoms with E-state index >= 15 is 0 Å². The molecule has 5 nitrogen and oxygen atoms in total. The number of nitrogens with zero attached hydrogens (tertiary/aromatic N) is 2. The smallest absolute Gasteiger partial charge is 0.165 e. The van der Waals surface area contributed by atoms with E-state index in [9.17, 15) is 4.39 Å². The van der Waals surface area contributed by atoms with Crippen LogP contribution in [-0.4, -0.2) is 16.4 Å². The molecule has 1 fully saturated rings. The first-order chi connectivity index (χ1) is 9.74. The Labute approximate surface area is 116 Å². The molecule has 0 saturated heterocycles. The molecule has 106 valence electrons. The standard InChI is InChI=1S/C14H16FN3O2/c1-9-13(18-20-17-9)8-19-14-10(3-2-4-12(14)15)7-16-11-5-6-11/h2-4,11,16H,5-8H2,1H3. The van der Waals surface area contributed by atoms with Crippen molar-refractivity contribution in [1.29, 1.82) is 0 Å².